The fourth-order valence-corrected chi connectivity index (χ4v) is 6.32. The topological polar surface area (TPSA) is 110 Å². The van der Waals surface area contributed by atoms with Crippen molar-refractivity contribution >= 4 is 55.3 Å². The lowest BCUT2D eigenvalue weighted by atomic mass is 9.81. The summed E-state index contributed by atoms with van der Waals surface area (Å²) in [5.74, 6) is -2.60. The number of hydrogen-bond acceptors (Lipinski definition) is 5. The summed E-state index contributed by atoms with van der Waals surface area (Å²) in [7, 11) is 0. The minimum absolute atomic E-state index is 0.0267. The van der Waals surface area contributed by atoms with E-state index in [-0.39, 0.29) is 32.7 Å². The van der Waals surface area contributed by atoms with Gasteiger partial charge in [0.2, 0.25) is 0 Å². The molecule has 3 fully saturated rings. The van der Waals surface area contributed by atoms with Gasteiger partial charge in [-0.25, -0.2) is 0 Å². The highest BCUT2D eigenvalue weighted by Crippen LogP contribution is 2.59. The van der Waals surface area contributed by atoms with E-state index in [1.165, 1.54) is 24.3 Å². The lowest BCUT2D eigenvalue weighted by Crippen LogP contribution is -2.47. The van der Waals surface area contributed by atoms with Gasteiger partial charge in [-0.3, -0.25) is 29.9 Å². The predicted molar refractivity (Wildman–Crippen MR) is 96.4 cm³/mol. The van der Waals surface area contributed by atoms with Crippen LogP contribution in [0.1, 0.15) is 16.8 Å². The Morgan fingerprint density at radius 1 is 1.12 bits per heavy atom. The van der Waals surface area contributed by atoms with Crippen molar-refractivity contribution in [2.75, 3.05) is 0 Å². The van der Waals surface area contributed by atoms with E-state index in [1.807, 2.05) is 0 Å². The monoisotopic (exact) mass is 485 g/mol. The number of hydrazine groups is 1. The van der Waals surface area contributed by atoms with Crippen molar-refractivity contribution < 1.29 is 19.3 Å². The molecule has 0 unspecified atom stereocenters. The van der Waals surface area contributed by atoms with Crippen LogP contribution < -0.4 is 5.43 Å². The number of nitro benzene ring substituents is 1. The van der Waals surface area contributed by atoms with Crippen molar-refractivity contribution in [1.29, 1.82) is 0 Å². The number of amides is 3. The largest absolute Gasteiger partial charge is 0.282 e. The molecule has 10 heteroatoms. The Morgan fingerprint density at radius 2 is 1.65 bits per heavy atom. The molecule has 0 radical (unpaired) electrons. The van der Waals surface area contributed by atoms with Gasteiger partial charge >= 0.3 is 0 Å². The van der Waals surface area contributed by atoms with E-state index in [4.69, 9.17) is 0 Å². The number of nitro groups is 1. The quantitative estimate of drug-likeness (QED) is 0.304. The number of halogens is 2. The third-order valence-electron chi connectivity index (χ3n) is 5.55. The molecule has 1 saturated heterocycles. The number of alkyl halides is 2. The van der Waals surface area contributed by atoms with E-state index in [0.717, 1.165) is 11.4 Å². The first-order chi connectivity index (χ1) is 12.3. The van der Waals surface area contributed by atoms with Gasteiger partial charge in [-0.2, -0.15) is 5.01 Å². The first-order valence-electron chi connectivity index (χ1n) is 8.03. The molecule has 0 spiro atoms. The Kier molecular flexibility index (Phi) is 4.14. The SMILES string of the molecule is O=C(NN1C(=O)[C@@H]2[C@H]3C[C@@H]([C@H](Br)[C@H]3Br)[C@@H]2C1=O)c1ccccc1[N+](=O)[O-]. The summed E-state index contributed by atoms with van der Waals surface area (Å²) < 4.78 is 0. The van der Waals surface area contributed by atoms with Gasteiger partial charge in [0.15, 0.2) is 0 Å². The van der Waals surface area contributed by atoms with Gasteiger partial charge in [-0.1, -0.05) is 44.0 Å². The molecule has 2 saturated carbocycles. The maximum atomic E-state index is 12.7. The van der Waals surface area contributed by atoms with Crippen LogP contribution in [0.5, 0.6) is 0 Å². The van der Waals surface area contributed by atoms with Crippen molar-refractivity contribution in [3.05, 3.63) is 39.9 Å². The van der Waals surface area contributed by atoms with Gasteiger partial charge in [-0.05, 0) is 24.3 Å². The van der Waals surface area contributed by atoms with Crippen molar-refractivity contribution in [2.45, 2.75) is 16.1 Å². The van der Waals surface area contributed by atoms with E-state index in [1.54, 1.807) is 0 Å². The van der Waals surface area contributed by atoms with Gasteiger partial charge in [-0.15, -0.1) is 0 Å². The van der Waals surface area contributed by atoms with Gasteiger partial charge < -0.3 is 0 Å². The van der Waals surface area contributed by atoms with Crippen LogP contribution >= 0.6 is 31.9 Å². The van der Waals surface area contributed by atoms with Gasteiger partial charge in [0.05, 0.1) is 16.8 Å². The smallest absolute Gasteiger partial charge is 0.272 e. The Labute approximate surface area is 164 Å². The lowest BCUT2D eigenvalue weighted by Gasteiger charge is -2.28. The number of nitrogens with one attached hydrogen (secondary N) is 1. The molecule has 1 aliphatic heterocycles. The highest BCUT2D eigenvalue weighted by Gasteiger charge is 2.66. The molecule has 4 rings (SSSR count). The number of carbonyl (C=O) groups is 3. The standard InChI is InChI=1S/C16H13Br2N3O5/c17-12-7-5-8(13(12)18)11-10(7)15(23)20(16(11)24)19-14(22)6-3-1-2-4-9(6)21(25)26/h1-4,7-8,10-13H,5H2,(H,19,22)/t7-,8-,10-,11+,12+,13+/m1/s1. The minimum Gasteiger partial charge on any atom is -0.272 e. The third-order valence-corrected chi connectivity index (χ3v) is 8.75. The van der Waals surface area contributed by atoms with Crippen molar-refractivity contribution in [3.63, 3.8) is 0 Å². The number of para-hydroxylation sites is 1. The Balaban J connectivity index is 1.59. The van der Waals surface area contributed by atoms with Crippen molar-refractivity contribution in [3.8, 4) is 0 Å². The average molecular weight is 487 g/mol. The number of carbonyl (C=O) groups excluding carboxylic acids is 3. The van der Waals surface area contributed by atoms with Gasteiger partial charge in [0.1, 0.15) is 5.56 Å². The summed E-state index contributed by atoms with van der Waals surface area (Å²) in [6.45, 7) is 0. The summed E-state index contributed by atoms with van der Waals surface area (Å²) in [5, 5.41) is 11.8. The second-order valence-electron chi connectivity index (χ2n) is 6.73. The number of benzene rings is 1. The molecule has 0 aromatic heterocycles. The zero-order valence-electron chi connectivity index (χ0n) is 13.2. The van der Waals surface area contributed by atoms with Crippen LogP contribution in [0.15, 0.2) is 24.3 Å². The van der Waals surface area contributed by atoms with Gasteiger partial charge in [0, 0.05) is 15.7 Å². The molecule has 1 aromatic carbocycles. The Bertz CT molecular complexity index is 815. The number of imide groups is 1. The van der Waals surface area contributed by atoms with Crippen LogP contribution in [0.2, 0.25) is 0 Å². The molecular weight excluding hydrogens is 474 g/mol. The van der Waals surface area contributed by atoms with Gasteiger partial charge in [0.25, 0.3) is 23.4 Å². The fraction of sp³-hybridized carbons (Fsp3) is 0.438. The Morgan fingerprint density at radius 3 is 2.19 bits per heavy atom. The third kappa shape index (κ3) is 2.34. The maximum absolute atomic E-state index is 12.7. The number of rotatable bonds is 3. The minimum atomic E-state index is -0.850. The molecule has 26 heavy (non-hydrogen) atoms. The van der Waals surface area contributed by atoms with Crippen molar-refractivity contribution in [2.24, 2.45) is 23.7 Å². The summed E-state index contributed by atoms with van der Waals surface area (Å²) in [6.07, 6.45) is 0.782. The molecule has 8 nitrogen and oxygen atoms in total. The maximum Gasteiger partial charge on any atom is 0.282 e. The van der Waals surface area contributed by atoms with Crippen LogP contribution in [0.25, 0.3) is 0 Å². The molecule has 1 heterocycles. The molecule has 1 N–H and O–H groups in total. The van der Waals surface area contributed by atoms with E-state index in [9.17, 15) is 24.5 Å². The molecule has 136 valence electrons. The lowest BCUT2D eigenvalue weighted by molar-refractivity contribution is -0.385. The number of fused-ring (bicyclic) bond motifs is 5. The molecule has 2 bridgehead atoms. The van der Waals surface area contributed by atoms with Crippen molar-refractivity contribution in [1.82, 2.24) is 10.4 Å². The summed E-state index contributed by atoms with van der Waals surface area (Å²) >= 11 is 7.17. The highest BCUT2D eigenvalue weighted by molar-refractivity contribution is 9.12. The van der Waals surface area contributed by atoms with E-state index in [2.05, 4.69) is 37.3 Å². The van der Waals surface area contributed by atoms with E-state index in [0.29, 0.717) is 0 Å². The van der Waals surface area contributed by atoms with Crippen LogP contribution in [-0.2, 0) is 9.59 Å². The summed E-state index contributed by atoms with van der Waals surface area (Å²) in [4.78, 5) is 48.6. The average Bonchev–Trinajstić information content (AvgIpc) is 3.22. The molecule has 1 aromatic rings. The molecular formula is C16H13Br2N3O5. The second-order valence-corrected chi connectivity index (χ2v) is 8.85. The summed E-state index contributed by atoms with van der Waals surface area (Å²) in [6, 6.07) is 5.40. The van der Waals surface area contributed by atoms with Crippen LogP contribution in [0.4, 0.5) is 5.69 Å². The number of hydrogen-bond donors (Lipinski definition) is 1. The zero-order valence-corrected chi connectivity index (χ0v) is 16.3. The van der Waals surface area contributed by atoms with Crippen LogP contribution in [0.3, 0.4) is 0 Å². The molecule has 2 aliphatic carbocycles. The van der Waals surface area contributed by atoms with E-state index < -0.39 is 34.5 Å². The normalized spacial score (nSPS) is 34.9. The molecule has 3 aliphatic rings. The molecule has 3 amide bonds. The van der Waals surface area contributed by atoms with Crippen LogP contribution in [-0.4, -0.2) is 37.3 Å². The van der Waals surface area contributed by atoms with Crippen LogP contribution in [0, 0.1) is 33.8 Å². The second kappa shape index (κ2) is 6.12. The van der Waals surface area contributed by atoms with E-state index >= 15 is 0 Å². The fourth-order valence-electron chi connectivity index (χ4n) is 4.45. The Hall–Kier alpha value is -1.81. The summed E-state index contributed by atoms with van der Waals surface area (Å²) in [5.41, 5.74) is 1.69. The number of nitrogens with zero attached hydrogens (tertiary/aromatic N) is 2. The molecule has 6 atom stereocenters. The first kappa shape index (κ1) is 17.6. The first-order valence-corrected chi connectivity index (χ1v) is 9.86. The zero-order chi connectivity index (χ0) is 18.7. The highest BCUT2D eigenvalue weighted by atomic mass is 79.9. The predicted octanol–water partition coefficient (Wildman–Crippen LogP) is 2.02.